The highest BCUT2D eigenvalue weighted by Gasteiger charge is 2.40. The molecule has 5 nitrogen and oxygen atoms in total. The highest BCUT2D eigenvalue weighted by molar-refractivity contribution is 6.03. The summed E-state index contributed by atoms with van der Waals surface area (Å²) in [5.74, 6) is 1.16. The molecule has 1 spiro atoms. The largest absolute Gasteiger partial charge is 0.507 e. The van der Waals surface area contributed by atoms with Crippen LogP contribution < -0.4 is 10.1 Å². The van der Waals surface area contributed by atoms with Gasteiger partial charge in [0.15, 0.2) is 0 Å². The van der Waals surface area contributed by atoms with Gasteiger partial charge in [0.05, 0.1) is 7.11 Å². The molecule has 5 heteroatoms. The number of nitrogens with zero attached hydrogens (tertiary/aromatic N) is 2. The van der Waals surface area contributed by atoms with Crippen molar-refractivity contribution in [1.29, 1.82) is 0 Å². The van der Waals surface area contributed by atoms with Crippen LogP contribution in [0.25, 0.3) is 0 Å². The van der Waals surface area contributed by atoms with Crippen LogP contribution >= 0.6 is 0 Å². The summed E-state index contributed by atoms with van der Waals surface area (Å²) in [6, 6.07) is 16.5. The standard InChI is InChI=1S/C24H31N3O2/c1-17(2)27-14-12-24(13-15-27)25-21(18-8-10-19(29-3)11-9-18)16-22(26-24)20-6-4-5-7-23(20)28/h4-11,17,21,25,28H,12-16H2,1-3H3/t21-/m1/s1. The molecule has 4 rings (SSSR count). The third-order valence-electron chi connectivity index (χ3n) is 6.28. The lowest BCUT2D eigenvalue weighted by molar-refractivity contribution is 0.103. The van der Waals surface area contributed by atoms with Gasteiger partial charge < -0.3 is 14.7 Å². The van der Waals surface area contributed by atoms with Crippen LogP contribution in [0.3, 0.4) is 0 Å². The average molecular weight is 394 g/mol. The zero-order chi connectivity index (χ0) is 20.4. The Kier molecular flexibility index (Phi) is 5.61. The maximum Gasteiger partial charge on any atom is 0.124 e. The van der Waals surface area contributed by atoms with Gasteiger partial charge in [-0.25, -0.2) is 0 Å². The van der Waals surface area contributed by atoms with Crippen LogP contribution in [-0.2, 0) is 0 Å². The molecule has 1 fully saturated rings. The number of benzene rings is 2. The minimum absolute atomic E-state index is 0.151. The lowest BCUT2D eigenvalue weighted by Gasteiger charge is -2.46. The van der Waals surface area contributed by atoms with Gasteiger partial charge in [0.2, 0.25) is 0 Å². The SMILES string of the molecule is COc1ccc([C@H]2CC(c3ccccc3O)=NC3(CCN(C(C)C)CC3)N2)cc1. The first-order chi connectivity index (χ1) is 14.0. The van der Waals surface area contributed by atoms with Crippen molar-refractivity contribution in [2.75, 3.05) is 20.2 Å². The van der Waals surface area contributed by atoms with E-state index in [1.54, 1.807) is 13.2 Å². The zero-order valence-electron chi connectivity index (χ0n) is 17.6. The lowest BCUT2D eigenvalue weighted by atomic mass is 9.87. The Balaban J connectivity index is 1.68. The highest BCUT2D eigenvalue weighted by atomic mass is 16.5. The van der Waals surface area contributed by atoms with Gasteiger partial charge in [0.25, 0.3) is 0 Å². The molecule has 0 amide bonds. The van der Waals surface area contributed by atoms with Crippen LogP contribution in [0, 0.1) is 0 Å². The molecule has 2 aliphatic heterocycles. The van der Waals surface area contributed by atoms with Gasteiger partial charge in [-0.05, 0) is 56.5 Å². The fraction of sp³-hybridized carbons (Fsp3) is 0.458. The first kappa shape index (κ1) is 19.9. The quantitative estimate of drug-likeness (QED) is 0.820. The Morgan fingerprint density at radius 3 is 2.41 bits per heavy atom. The number of methoxy groups -OCH3 is 1. The Hall–Kier alpha value is -2.37. The first-order valence-corrected chi connectivity index (χ1v) is 10.5. The zero-order valence-corrected chi connectivity index (χ0v) is 17.6. The molecule has 0 aromatic heterocycles. The maximum atomic E-state index is 10.5. The van der Waals surface area contributed by atoms with Crippen LogP contribution in [0.4, 0.5) is 0 Å². The second-order valence-corrected chi connectivity index (χ2v) is 8.41. The Morgan fingerprint density at radius 1 is 1.10 bits per heavy atom. The number of hydrogen-bond acceptors (Lipinski definition) is 5. The minimum atomic E-state index is -0.286. The summed E-state index contributed by atoms with van der Waals surface area (Å²) in [5, 5.41) is 14.3. The molecule has 2 aromatic carbocycles. The van der Waals surface area contributed by atoms with Crippen molar-refractivity contribution in [3.63, 3.8) is 0 Å². The summed E-state index contributed by atoms with van der Waals surface area (Å²) in [4.78, 5) is 7.71. The Morgan fingerprint density at radius 2 is 1.79 bits per heavy atom. The van der Waals surface area contributed by atoms with Crippen molar-refractivity contribution >= 4 is 5.71 Å². The number of likely N-dealkylation sites (tertiary alicyclic amines) is 1. The van der Waals surface area contributed by atoms with Gasteiger partial charge in [-0.15, -0.1) is 0 Å². The molecule has 0 unspecified atom stereocenters. The van der Waals surface area contributed by atoms with Gasteiger partial charge in [0.1, 0.15) is 17.2 Å². The van der Waals surface area contributed by atoms with Gasteiger partial charge in [-0.3, -0.25) is 10.3 Å². The van der Waals surface area contributed by atoms with E-state index in [1.165, 1.54) is 5.56 Å². The number of phenols is 1. The number of aromatic hydroxyl groups is 1. The van der Waals surface area contributed by atoms with E-state index in [0.717, 1.165) is 49.4 Å². The molecular formula is C24H31N3O2. The molecule has 0 aliphatic carbocycles. The Labute approximate surface area is 173 Å². The molecule has 0 bridgehead atoms. The van der Waals surface area contributed by atoms with Crippen LogP contribution in [0.5, 0.6) is 11.5 Å². The second kappa shape index (κ2) is 8.17. The van der Waals surface area contributed by atoms with Crippen LogP contribution in [0.15, 0.2) is 53.5 Å². The summed E-state index contributed by atoms with van der Waals surface area (Å²) in [6.07, 6.45) is 2.68. The lowest BCUT2D eigenvalue weighted by Crippen LogP contribution is -2.56. The average Bonchev–Trinajstić information content (AvgIpc) is 2.74. The second-order valence-electron chi connectivity index (χ2n) is 8.41. The molecule has 2 aliphatic rings. The van der Waals surface area contributed by atoms with Crippen molar-refractivity contribution in [1.82, 2.24) is 10.2 Å². The number of phenolic OH excluding ortho intramolecular Hbond substituents is 1. The summed E-state index contributed by atoms with van der Waals surface area (Å²) >= 11 is 0. The molecule has 1 atom stereocenters. The third-order valence-corrected chi connectivity index (χ3v) is 6.28. The van der Waals surface area contributed by atoms with Crippen LogP contribution in [-0.4, -0.2) is 47.6 Å². The summed E-state index contributed by atoms with van der Waals surface area (Å²) in [7, 11) is 1.69. The summed E-state index contributed by atoms with van der Waals surface area (Å²) < 4.78 is 5.32. The monoisotopic (exact) mass is 393 g/mol. The molecule has 2 heterocycles. The molecule has 2 N–H and O–H groups in total. The minimum Gasteiger partial charge on any atom is -0.507 e. The van der Waals surface area contributed by atoms with Gasteiger partial charge in [-0.1, -0.05) is 24.3 Å². The summed E-state index contributed by atoms with van der Waals surface area (Å²) in [6.45, 7) is 6.56. The molecular weight excluding hydrogens is 362 g/mol. The van der Waals surface area contributed by atoms with Gasteiger partial charge in [0, 0.05) is 42.9 Å². The Bertz CT molecular complexity index is 868. The molecule has 1 saturated heterocycles. The highest BCUT2D eigenvalue weighted by Crippen LogP contribution is 2.37. The van der Waals surface area contributed by atoms with E-state index in [4.69, 9.17) is 9.73 Å². The van der Waals surface area contributed by atoms with Crippen molar-refractivity contribution in [2.24, 2.45) is 4.99 Å². The van der Waals surface area contributed by atoms with E-state index in [1.807, 2.05) is 30.3 Å². The molecule has 2 aromatic rings. The number of para-hydroxylation sites is 1. The number of hydrogen-bond donors (Lipinski definition) is 2. The van der Waals surface area contributed by atoms with Crippen molar-refractivity contribution in [3.8, 4) is 11.5 Å². The van der Waals surface area contributed by atoms with Gasteiger partial charge in [-0.2, -0.15) is 0 Å². The topological polar surface area (TPSA) is 57.1 Å². The third kappa shape index (κ3) is 4.16. The van der Waals surface area contributed by atoms with Gasteiger partial charge >= 0.3 is 0 Å². The molecule has 154 valence electrons. The van der Waals surface area contributed by atoms with Crippen LogP contribution in [0.1, 0.15) is 50.3 Å². The number of rotatable bonds is 4. The predicted molar refractivity (Wildman–Crippen MR) is 117 cm³/mol. The molecule has 0 saturated carbocycles. The first-order valence-electron chi connectivity index (χ1n) is 10.5. The molecule has 29 heavy (non-hydrogen) atoms. The summed E-state index contributed by atoms with van der Waals surface area (Å²) in [5.41, 5.74) is 2.77. The number of nitrogens with one attached hydrogen (secondary N) is 1. The van der Waals surface area contributed by atoms with E-state index in [0.29, 0.717) is 11.8 Å². The molecule has 0 radical (unpaired) electrons. The van der Waals surface area contributed by atoms with E-state index >= 15 is 0 Å². The van der Waals surface area contributed by atoms with Crippen molar-refractivity contribution in [2.45, 2.75) is 50.9 Å². The fourth-order valence-corrected chi connectivity index (χ4v) is 4.50. The van der Waals surface area contributed by atoms with E-state index in [-0.39, 0.29) is 11.7 Å². The van der Waals surface area contributed by atoms with Crippen molar-refractivity contribution in [3.05, 3.63) is 59.7 Å². The normalized spacial score (nSPS) is 21.9. The predicted octanol–water partition coefficient (Wildman–Crippen LogP) is 4.13. The smallest absolute Gasteiger partial charge is 0.124 e. The van der Waals surface area contributed by atoms with Crippen molar-refractivity contribution < 1.29 is 9.84 Å². The van der Waals surface area contributed by atoms with E-state index in [2.05, 4.69) is 36.2 Å². The van der Waals surface area contributed by atoms with E-state index in [9.17, 15) is 5.11 Å². The number of piperidine rings is 1. The van der Waals surface area contributed by atoms with Crippen LogP contribution in [0.2, 0.25) is 0 Å². The maximum absolute atomic E-state index is 10.5. The fourth-order valence-electron chi connectivity index (χ4n) is 4.50. The number of ether oxygens (including phenoxy) is 1. The number of aliphatic imine (C=N–C) groups is 1. The van der Waals surface area contributed by atoms with E-state index < -0.39 is 0 Å².